The van der Waals surface area contributed by atoms with E-state index in [1.807, 2.05) is 0 Å². The molecule has 0 fully saturated rings. The highest BCUT2D eigenvalue weighted by Gasteiger charge is 2.35. The van der Waals surface area contributed by atoms with Gasteiger partial charge in [-0.05, 0) is 23.1 Å². The maximum absolute atomic E-state index is 13.0. The van der Waals surface area contributed by atoms with E-state index in [-0.39, 0.29) is 52.8 Å². The molecule has 2 aliphatic heterocycles. The lowest BCUT2D eigenvalue weighted by Crippen LogP contribution is -2.31. The van der Waals surface area contributed by atoms with Gasteiger partial charge in [-0.15, -0.1) is 0 Å². The number of hydrogen-bond acceptors (Lipinski definition) is 9. The van der Waals surface area contributed by atoms with Crippen molar-refractivity contribution >= 4 is 10.8 Å². The monoisotopic (exact) mass is 516 g/mol. The fraction of sp³-hybridized carbons (Fsp3) is 0.207. The van der Waals surface area contributed by atoms with Crippen LogP contribution in [0.25, 0.3) is 10.8 Å². The normalized spacial score (nSPS) is 22.2. The number of aromatic hydroxyl groups is 4. The lowest BCUT2D eigenvalue weighted by Gasteiger charge is -2.32. The first-order chi connectivity index (χ1) is 18.2. The standard InChI is InChI=1S/C29H24O9/c30-14-7-22(33)19-11-24(35)28(37-26(19)9-14)13-4-5-21(32)16-2-1-3-17(18(16)6-13)29-25(36)12-20-23(34)8-15(31)10-27(20)38-29/h1-10,24-25,28-31,33-36H,11-12H2/t24-,25-,28+,29+/m1/s1. The predicted molar refractivity (Wildman–Crippen MR) is 136 cm³/mol. The second kappa shape index (κ2) is 8.83. The van der Waals surface area contributed by atoms with Crippen molar-refractivity contribution in [2.45, 2.75) is 37.3 Å². The van der Waals surface area contributed by atoms with E-state index in [2.05, 4.69) is 0 Å². The van der Waals surface area contributed by atoms with Gasteiger partial charge in [-0.2, -0.15) is 0 Å². The van der Waals surface area contributed by atoms with Crippen molar-refractivity contribution in [3.8, 4) is 34.5 Å². The molecule has 2 heterocycles. The second-order valence-electron chi connectivity index (χ2n) is 9.65. The van der Waals surface area contributed by atoms with Crippen LogP contribution in [-0.2, 0) is 12.8 Å². The number of hydrogen-bond donors (Lipinski definition) is 6. The topological polar surface area (TPSA) is 157 Å². The zero-order valence-electron chi connectivity index (χ0n) is 19.9. The van der Waals surface area contributed by atoms with Crippen molar-refractivity contribution in [2.75, 3.05) is 0 Å². The van der Waals surface area contributed by atoms with Crippen molar-refractivity contribution in [2.24, 2.45) is 0 Å². The van der Waals surface area contributed by atoms with Gasteiger partial charge in [0, 0.05) is 59.2 Å². The van der Waals surface area contributed by atoms with Gasteiger partial charge in [0.1, 0.15) is 40.6 Å². The van der Waals surface area contributed by atoms with E-state index in [4.69, 9.17) is 9.47 Å². The van der Waals surface area contributed by atoms with Crippen LogP contribution in [-0.4, -0.2) is 42.8 Å². The van der Waals surface area contributed by atoms with Crippen LogP contribution >= 0.6 is 0 Å². The highest BCUT2D eigenvalue weighted by Crippen LogP contribution is 2.44. The van der Waals surface area contributed by atoms with Crippen molar-refractivity contribution in [3.63, 3.8) is 0 Å². The molecule has 0 unspecified atom stereocenters. The quantitative estimate of drug-likeness (QED) is 0.236. The minimum absolute atomic E-state index is 0.0623. The third-order valence-corrected chi connectivity index (χ3v) is 7.15. The molecule has 4 atom stereocenters. The van der Waals surface area contributed by atoms with Gasteiger partial charge in [0.2, 0.25) is 0 Å². The summed E-state index contributed by atoms with van der Waals surface area (Å²) >= 11 is 0. The molecule has 194 valence electrons. The minimum atomic E-state index is -1.07. The van der Waals surface area contributed by atoms with E-state index in [9.17, 15) is 35.4 Å². The first kappa shape index (κ1) is 23.9. The number of ether oxygens (including phenoxy) is 2. The Bertz CT molecular complexity index is 1650. The van der Waals surface area contributed by atoms with Crippen molar-refractivity contribution in [3.05, 3.63) is 93.1 Å². The highest BCUT2D eigenvalue weighted by atomic mass is 16.5. The largest absolute Gasteiger partial charge is 0.508 e. The van der Waals surface area contributed by atoms with Crippen LogP contribution in [0.1, 0.15) is 34.5 Å². The Labute approximate surface area is 216 Å². The van der Waals surface area contributed by atoms with E-state index in [0.29, 0.717) is 33.0 Å². The summed E-state index contributed by atoms with van der Waals surface area (Å²) in [6.45, 7) is 0. The maximum Gasteiger partial charge on any atom is 0.186 e. The molecule has 6 rings (SSSR count). The van der Waals surface area contributed by atoms with Crippen LogP contribution in [0, 0.1) is 0 Å². The lowest BCUT2D eigenvalue weighted by atomic mass is 9.90. The Morgan fingerprint density at radius 1 is 0.658 bits per heavy atom. The van der Waals surface area contributed by atoms with Crippen LogP contribution in [0.5, 0.6) is 34.5 Å². The first-order valence-corrected chi connectivity index (χ1v) is 12.1. The molecule has 0 aromatic heterocycles. The molecular formula is C29H24O9. The van der Waals surface area contributed by atoms with Gasteiger partial charge in [-0.1, -0.05) is 24.3 Å². The van der Waals surface area contributed by atoms with E-state index in [1.54, 1.807) is 30.3 Å². The van der Waals surface area contributed by atoms with E-state index in [1.165, 1.54) is 30.3 Å². The van der Waals surface area contributed by atoms with E-state index in [0.717, 1.165) is 0 Å². The molecule has 6 N–H and O–H groups in total. The number of aliphatic hydroxyl groups excluding tert-OH is 2. The predicted octanol–water partition coefficient (Wildman–Crippen LogP) is 3.10. The Hall–Kier alpha value is -4.47. The molecule has 0 aliphatic carbocycles. The number of aliphatic hydroxyl groups is 2. The molecule has 4 aromatic rings. The second-order valence-corrected chi connectivity index (χ2v) is 9.65. The van der Waals surface area contributed by atoms with Gasteiger partial charge in [0.15, 0.2) is 11.5 Å². The molecule has 0 saturated carbocycles. The van der Waals surface area contributed by atoms with Crippen LogP contribution in [0.4, 0.5) is 0 Å². The number of rotatable bonds is 2. The number of phenols is 4. The molecule has 9 nitrogen and oxygen atoms in total. The summed E-state index contributed by atoms with van der Waals surface area (Å²) in [6.07, 6.45) is -3.85. The van der Waals surface area contributed by atoms with Crippen molar-refractivity contribution in [1.82, 2.24) is 0 Å². The number of phenolic OH excluding ortho intramolecular Hbond substituents is 4. The third kappa shape index (κ3) is 3.93. The van der Waals surface area contributed by atoms with E-state index >= 15 is 0 Å². The number of fused-ring (bicyclic) bond motifs is 3. The van der Waals surface area contributed by atoms with Gasteiger partial charge in [0.25, 0.3) is 0 Å². The first-order valence-electron chi connectivity index (χ1n) is 12.1. The molecule has 9 heteroatoms. The summed E-state index contributed by atoms with van der Waals surface area (Å²) in [7, 11) is 0. The SMILES string of the molecule is O=c1ccc([C@@H]2Oc3cc(O)cc(O)c3C[C@H]2O)cc2c([C@@H]3Oc4cc(O)cc(O)c4C[C@H]3O)cccc12. The van der Waals surface area contributed by atoms with Gasteiger partial charge < -0.3 is 40.1 Å². The molecule has 4 aromatic carbocycles. The Morgan fingerprint density at radius 2 is 1.24 bits per heavy atom. The van der Waals surface area contributed by atoms with Gasteiger partial charge in [0.05, 0.1) is 12.2 Å². The summed E-state index contributed by atoms with van der Waals surface area (Å²) in [6, 6.07) is 14.7. The van der Waals surface area contributed by atoms with Gasteiger partial charge in [-0.25, -0.2) is 0 Å². The highest BCUT2D eigenvalue weighted by molar-refractivity contribution is 5.86. The molecule has 0 bridgehead atoms. The average molecular weight is 517 g/mol. The summed E-state index contributed by atoms with van der Waals surface area (Å²) in [5.41, 5.74) is 1.40. The molecule has 0 amide bonds. The lowest BCUT2D eigenvalue weighted by molar-refractivity contribution is 0.0194. The maximum atomic E-state index is 13.0. The summed E-state index contributed by atoms with van der Waals surface area (Å²) < 4.78 is 12.0. The Balaban J connectivity index is 1.47. The third-order valence-electron chi connectivity index (χ3n) is 7.15. The van der Waals surface area contributed by atoms with Gasteiger partial charge in [-0.3, -0.25) is 4.79 Å². The van der Waals surface area contributed by atoms with Gasteiger partial charge >= 0.3 is 0 Å². The molecular weight excluding hydrogens is 492 g/mol. The van der Waals surface area contributed by atoms with Crippen molar-refractivity contribution in [1.29, 1.82) is 0 Å². The van der Waals surface area contributed by atoms with E-state index < -0.39 is 24.4 Å². The average Bonchev–Trinajstić information content (AvgIpc) is 3.03. The zero-order valence-corrected chi connectivity index (χ0v) is 19.9. The summed E-state index contributed by atoms with van der Waals surface area (Å²) in [5.74, 6) is -0.312. The molecule has 2 aliphatic rings. The number of benzene rings is 3. The summed E-state index contributed by atoms with van der Waals surface area (Å²) in [5, 5.41) is 62.9. The van der Waals surface area contributed by atoms with Crippen LogP contribution in [0.3, 0.4) is 0 Å². The minimum Gasteiger partial charge on any atom is -0.508 e. The van der Waals surface area contributed by atoms with Crippen LogP contribution in [0.15, 0.2) is 65.5 Å². The van der Waals surface area contributed by atoms with Crippen LogP contribution < -0.4 is 14.9 Å². The molecule has 0 spiro atoms. The molecule has 0 saturated heterocycles. The summed E-state index contributed by atoms with van der Waals surface area (Å²) in [4.78, 5) is 13.0. The van der Waals surface area contributed by atoms with Crippen LogP contribution in [0.2, 0.25) is 0 Å². The smallest absolute Gasteiger partial charge is 0.186 e. The zero-order chi connectivity index (χ0) is 26.7. The molecule has 0 radical (unpaired) electrons. The van der Waals surface area contributed by atoms with Crippen molar-refractivity contribution < 1.29 is 40.1 Å². The molecule has 38 heavy (non-hydrogen) atoms. The Morgan fingerprint density at radius 3 is 1.87 bits per heavy atom. The Kier molecular flexibility index (Phi) is 5.55. The fourth-order valence-corrected chi connectivity index (χ4v) is 5.34. The fourth-order valence-electron chi connectivity index (χ4n) is 5.34.